The summed E-state index contributed by atoms with van der Waals surface area (Å²) in [5, 5.41) is 10.2. The van der Waals surface area contributed by atoms with Crippen molar-refractivity contribution >= 4 is 34.5 Å². The molecule has 2 amide bonds. The number of hydrogen-bond acceptors (Lipinski definition) is 6. The summed E-state index contributed by atoms with van der Waals surface area (Å²) in [5.41, 5.74) is 7.54. The maximum Gasteiger partial charge on any atom is 0.322 e. The highest BCUT2D eigenvalue weighted by Crippen LogP contribution is 2.19. The van der Waals surface area contributed by atoms with Crippen LogP contribution in [0.3, 0.4) is 0 Å². The van der Waals surface area contributed by atoms with E-state index in [-0.39, 0.29) is 24.3 Å². The summed E-state index contributed by atoms with van der Waals surface area (Å²) in [5.74, 6) is 0.0136. The number of nitrogens with zero attached hydrogens (tertiary/aromatic N) is 6. The lowest BCUT2D eigenvalue weighted by Gasteiger charge is -2.09. The van der Waals surface area contributed by atoms with Gasteiger partial charge in [0.05, 0.1) is 17.4 Å². The van der Waals surface area contributed by atoms with Gasteiger partial charge in [0.1, 0.15) is 18.4 Å². The Kier molecular flexibility index (Phi) is 3.86. The Morgan fingerprint density at radius 2 is 2.12 bits per heavy atom. The molecule has 24 heavy (non-hydrogen) atoms. The zero-order chi connectivity index (χ0) is 17.3. The van der Waals surface area contributed by atoms with Crippen LogP contribution in [0.4, 0.5) is 16.3 Å². The van der Waals surface area contributed by atoms with E-state index in [0.29, 0.717) is 16.7 Å². The Bertz CT molecular complexity index is 911. The SMILES string of the molecule is CN(C)C(=O)Nc1cn(CC(=O)n2cnc3c(N)cccc32)nn1. The van der Waals surface area contributed by atoms with Crippen molar-refractivity contribution in [3.63, 3.8) is 0 Å². The van der Waals surface area contributed by atoms with E-state index in [0.717, 1.165) is 0 Å². The number of nitrogens with one attached hydrogen (secondary N) is 1. The molecule has 0 aliphatic rings. The third-order valence-electron chi connectivity index (χ3n) is 3.35. The molecule has 0 atom stereocenters. The summed E-state index contributed by atoms with van der Waals surface area (Å²) in [6, 6.07) is 4.92. The van der Waals surface area contributed by atoms with Crippen molar-refractivity contribution in [1.29, 1.82) is 0 Å². The summed E-state index contributed by atoms with van der Waals surface area (Å²) in [4.78, 5) is 29.5. The molecule has 0 aliphatic carbocycles. The highest BCUT2D eigenvalue weighted by Gasteiger charge is 2.14. The number of carbonyl (C=O) groups excluding carboxylic acids is 2. The van der Waals surface area contributed by atoms with Gasteiger partial charge in [0, 0.05) is 14.1 Å². The van der Waals surface area contributed by atoms with Crippen LogP contribution in [0.25, 0.3) is 11.0 Å². The van der Waals surface area contributed by atoms with Crippen LogP contribution in [0.5, 0.6) is 0 Å². The number of carbonyl (C=O) groups is 2. The minimum atomic E-state index is -0.329. The first kappa shape index (κ1) is 15.5. The summed E-state index contributed by atoms with van der Waals surface area (Å²) in [7, 11) is 3.22. The van der Waals surface area contributed by atoms with E-state index in [9.17, 15) is 9.59 Å². The third-order valence-corrected chi connectivity index (χ3v) is 3.35. The smallest absolute Gasteiger partial charge is 0.322 e. The molecule has 0 spiro atoms. The molecule has 0 bridgehead atoms. The van der Waals surface area contributed by atoms with Crippen LogP contribution in [0, 0.1) is 0 Å². The van der Waals surface area contributed by atoms with Gasteiger partial charge < -0.3 is 10.6 Å². The fourth-order valence-electron chi connectivity index (χ4n) is 2.13. The van der Waals surface area contributed by atoms with Gasteiger partial charge in [-0.2, -0.15) is 0 Å². The quantitative estimate of drug-likeness (QED) is 0.680. The van der Waals surface area contributed by atoms with E-state index in [1.54, 1.807) is 32.3 Å². The molecule has 1 aromatic carbocycles. The lowest BCUT2D eigenvalue weighted by molar-refractivity contribution is 0.0890. The van der Waals surface area contributed by atoms with E-state index >= 15 is 0 Å². The van der Waals surface area contributed by atoms with E-state index < -0.39 is 0 Å². The number of nitrogens with two attached hydrogens (primary N) is 1. The number of urea groups is 1. The molecule has 10 heteroatoms. The third kappa shape index (κ3) is 2.89. The van der Waals surface area contributed by atoms with Gasteiger partial charge in [-0.25, -0.2) is 14.5 Å². The molecular weight excluding hydrogens is 312 g/mol. The first-order chi connectivity index (χ1) is 11.5. The summed E-state index contributed by atoms with van der Waals surface area (Å²) >= 11 is 0. The van der Waals surface area contributed by atoms with Crippen LogP contribution in [0.1, 0.15) is 4.79 Å². The largest absolute Gasteiger partial charge is 0.397 e. The van der Waals surface area contributed by atoms with Gasteiger partial charge in [0.2, 0.25) is 0 Å². The molecule has 124 valence electrons. The summed E-state index contributed by atoms with van der Waals surface area (Å²) < 4.78 is 2.75. The van der Waals surface area contributed by atoms with Crippen molar-refractivity contribution in [2.45, 2.75) is 6.54 Å². The molecule has 0 radical (unpaired) electrons. The van der Waals surface area contributed by atoms with Crippen LogP contribution in [0.2, 0.25) is 0 Å². The second-order valence-corrected chi connectivity index (χ2v) is 5.35. The maximum atomic E-state index is 12.4. The molecule has 0 aliphatic heterocycles. The highest BCUT2D eigenvalue weighted by molar-refractivity contribution is 5.95. The predicted octanol–water partition coefficient (Wildman–Crippen LogP) is 0.644. The topological polar surface area (TPSA) is 124 Å². The molecule has 2 heterocycles. The second-order valence-electron chi connectivity index (χ2n) is 5.35. The Labute approximate surface area is 136 Å². The molecule has 3 rings (SSSR count). The number of hydrogen-bond donors (Lipinski definition) is 2. The molecule has 2 aromatic heterocycles. The fourth-order valence-corrected chi connectivity index (χ4v) is 2.13. The Balaban J connectivity index is 1.76. The number of nitrogen functional groups attached to an aromatic ring is 1. The van der Waals surface area contributed by atoms with Crippen LogP contribution in [-0.2, 0) is 6.54 Å². The molecule has 0 saturated heterocycles. The highest BCUT2D eigenvalue weighted by atomic mass is 16.2. The standard InChI is InChI=1S/C14H16N8O2/c1-20(2)14(24)17-11-6-21(19-18-11)7-12(23)22-8-16-13-9(15)4-3-5-10(13)22/h3-6,8H,7,15H2,1-2H3,(H,17,24). The number of rotatable bonds is 3. The second kappa shape index (κ2) is 5.99. The average Bonchev–Trinajstić information content (AvgIpc) is 3.14. The number of para-hydroxylation sites is 1. The lowest BCUT2D eigenvalue weighted by Crippen LogP contribution is -2.27. The zero-order valence-electron chi connectivity index (χ0n) is 13.2. The van der Waals surface area contributed by atoms with Crippen molar-refractivity contribution in [2.24, 2.45) is 0 Å². The number of benzene rings is 1. The van der Waals surface area contributed by atoms with Gasteiger partial charge in [-0.3, -0.25) is 14.7 Å². The van der Waals surface area contributed by atoms with E-state index in [1.165, 1.54) is 26.7 Å². The van der Waals surface area contributed by atoms with E-state index in [2.05, 4.69) is 20.6 Å². The zero-order valence-corrected chi connectivity index (χ0v) is 13.2. The van der Waals surface area contributed by atoms with Crippen LogP contribution in [-0.4, -0.2) is 55.5 Å². The van der Waals surface area contributed by atoms with Crippen LogP contribution >= 0.6 is 0 Å². The van der Waals surface area contributed by atoms with Crippen LogP contribution < -0.4 is 11.1 Å². The van der Waals surface area contributed by atoms with Crippen molar-refractivity contribution in [2.75, 3.05) is 25.1 Å². The number of aromatic nitrogens is 5. The molecule has 3 aromatic rings. The van der Waals surface area contributed by atoms with Gasteiger partial charge >= 0.3 is 6.03 Å². The number of imidazole rings is 1. The van der Waals surface area contributed by atoms with Crippen molar-refractivity contribution in [3.8, 4) is 0 Å². The lowest BCUT2D eigenvalue weighted by atomic mass is 10.3. The molecule has 0 saturated carbocycles. The predicted molar refractivity (Wildman–Crippen MR) is 87.5 cm³/mol. The van der Waals surface area contributed by atoms with Crippen molar-refractivity contribution in [3.05, 3.63) is 30.7 Å². The monoisotopic (exact) mass is 328 g/mol. The molecule has 10 nitrogen and oxygen atoms in total. The van der Waals surface area contributed by atoms with Gasteiger partial charge in [0.15, 0.2) is 5.82 Å². The summed E-state index contributed by atoms with van der Waals surface area (Å²) in [6.45, 7) is -0.0505. The Morgan fingerprint density at radius 1 is 1.33 bits per heavy atom. The van der Waals surface area contributed by atoms with Gasteiger partial charge in [0.25, 0.3) is 5.91 Å². The average molecular weight is 328 g/mol. The Morgan fingerprint density at radius 3 is 2.88 bits per heavy atom. The molecule has 0 unspecified atom stereocenters. The number of amides is 2. The molecular formula is C14H16N8O2. The minimum absolute atomic E-state index is 0.0505. The number of anilines is 2. The first-order valence-electron chi connectivity index (χ1n) is 7.09. The number of fused-ring (bicyclic) bond motifs is 1. The Hall–Kier alpha value is -3.43. The summed E-state index contributed by atoms with van der Waals surface area (Å²) in [6.07, 6.45) is 2.90. The van der Waals surface area contributed by atoms with Gasteiger partial charge in [-0.1, -0.05) is 11.3 Å². The van der Waals surface area contributed by atoms with Crippen LogP contribution in [0.15, 0.2) is 30.7 Å². The fraction of sp³-hybridized carbons (Fsp3) is 0.214. The van der Waals surface area contributed by atoms with Crippen molar-refractivity contribution < 1.29 is 9.59 Å². The molecule has 3 N–H and O–H groups in total. The van der Waals surface area contributed by atoms with Crippen molar-refractivity contribution in [1.82, 2.24) is 29.4 Å². The molecule has 0 fully saturated rings. The van der Waals surface area contributed by atoms with Gasteiger partial charge in [-0.05, 0) is 12.1 Å². The van der Waals surface area contributed by atoms with E-state index in [4.69, 9.17) is 5.73 Å². The van der Waals surface area contributed by atoms with E-state index in [1.807, 2.05) is 0 Å². The maximum absolute atomic E-state index is 12.4. The minimum Gasteiger partial charge on any atom is -0.397 e. The normalized spacial score (nSPS) is 10.8. The first-order valence-corrected chi connectivity index (χ1v) is 7.09. The van der Waals surface area contributed by atoms with Gasteiger partial charge in [-0.15, -0.1) is 5.10 Å².